The highest BCUT2D eigenvalue weighted by Crippen LogP contribution is 2.16. The van der Waals surface area contributed by atoms with E-state index in [4.69, 9.17) is 9.47 Å². The van der Waals surface area contributed by atoms with Crippen LogP contribution in [0.5, 0.6) is 5.75 Å². The summed E-state index contributed by atoms with van der Waals surface area (Å²) in [6, 6.07) is 7.83. The van der Waals surface area contributed by atoms with Crippen LogP contribution >= 0.6 is 0 Å². The van der Waals surface area contributed by atoms with Crippen molar-refractivity contribution in [2.24, 2.45) is 7.05 Å². The van der Waals surface area contributed by atoms with Gasteiger partial charge < -0.3 is 14.8 Å². The van der Waals surface area contributed by atoms with Crippen LogP contribution in [0.2, 0.25) is 0 Å². The summed E-state index contributed by atoms with van der Waals surface area (Å²) in [6.45, 7) is 1.97. The van der Waals surface area contributed by atoms with Gasteiger partial charge in [0.25, 0.3) is 0 Å². The molecule has 0 bridgehead atoms. The van der Waals surface area contributed by atoms with E-state index in [-0.39, 0.29) is 12.0 Å². The molecule has 3 rings (SSSR count). The Kier molecular flexibility index (Phi) is 6.06. The maximum absolute atomic E-state index is 11.9. The largest absolute Gasteiger partial charge is 0.491 e. The maximum Gasteiger partial charge on any atom is 0.220 e. The third-order valence-electron chi connectivity index (χ3n) is 4.27. The SMILES string of the molecule is Cn1cc(CCC(=O)NCc2ccc(OC[C@@H]3CCCO3)cc2)cn1. The molecule has 1 aromatic heterocycles. The van der Waals surface area contributed by atoms with Gasteiger partial charge >= 0.3 is 0 Å². The molecule has 0 unspecified atom stereocenters. The average Bonchev–Trinajstić information content (AvgIpc) is 3.29. The second-order valence-corrected chi connectivity index (χ2v) is 6.39. The number of nitrogens with one attached hydrogen (secondary N) is 1. The number of carbonyl (C=O) groups excluding carboxylic acids is 1. The Morgan fingerprint density at radius 3 is 2.88 bits per heavy atom. The zero-order valence-corrected chi connectivity index (χ0v) is 14.6. The van der Waals surface area contributed by atoms with Crippen molar-refractivity contribution in [1.82, 2.24) is 15.1 Å². The third kappa shape index (κ3) is 5.60. The molecule has 1 aliphatic heterocycles. The Hall–Kier alpha value is -2.34. The average molecular weight is 343 g/mol. The van der Waals surface area contributed by atoms with Crippen LogP contribution in [0.1, 0.15) is 30.4 Å². The molecular weight excluding hydrogens is 318 g/mol. The van der Waals surface area contributed by atoms with Crippen LogP contribution in [-0.4, -0.2) is 35.0 Å². The van der Waals surface area contributed by atoms with Crippen molar-refractivity contribution in [2.45, 2.75) is 38.3 Å². The van der Waals surface area contributed by atoms with Crippen LogP contribution in [0.4, 0.5) is 0 Å². The van der Waals surface area contributed by atoms with Gasteiger partial charge in [-0.2, -0.15) is 5.10 Å². The van der Waals surface area contributed by atoms with E-state index in [1.54, 1.807) is 10.9 Å². The fraction of sp³-hybridized carbons (Fsp3) is 0.474. The van der Waals surface area contributed by atoms with E-state index in [2.05, 4.69) is 10.4 Å². The Labute approximate surface area is 148 Å². The highest BCUT2D eigenvalue weighted by atomic mass is 16.5. The predicted octanol–water partition coefficient (Wildman–Crippen LogP) is 2.23. The van der Waals surface area contributed by atoms with Gasteiger partial charge in [-0.1, -0.05) is 12.1 Å². The van der Waals surface area contributed by atoms with E-state index < -0.39 is 0 Å². The molecule has 1 atom stereocenters. The number of benzene rings is 1. The molecule has 0 aliphatic carbocycles. The first-order valence-electron chi connectivity index (χ1n) is 8.76. The van der Waals surface area contributed by atoms with Crippen molar-refractivity contribution in [3.8, 4) is 5.75 Å². The Bertz CT molecular complexity index is 675. The molecule has 1 N–H and O–H groups in total. The lowest BCUT2D eigenvalue weighted by molar-refractivity contribution is -0.121. The normalized spacial score (nSPS) is 16.8. The molecule has 1 saturated heterocycles. The number of rotatable bonds is 8. The van der Waals surface area contributed by atoms with Gasteiger partial charge in [0, 0.05) is 32.8 Å². The van der Waals surface area contributed by atoms with E-state index in [9.17, 15) is 4.79 Å². The lowest BCUT2D eigenvalue weighted by Crippen LogP contribution is -2.22. The van der Waals surface area contributed by atoms with Gasteiger partial charge in [0.1, 0.15) is 12.4 Å². The highest BCUT2D eigenvalue weighted by molar-refractivity contribution is 5.76. The standard InChI is InChI=1S/C19H25N3O3/c1-22-13-16(12-21-22)6-9-19(23)20-11-15-4-7-17(8-5-15)25-14-18-3-2-10-24-18/h4-5,7-8,12-13,18H,2-3,6,9-11,14H2,1H3,(H,20,23)/t18-/m0/s1. The van der Waals surface area contributed by atoms with E-state index >= 15 is 0 Å². The minimum Gasteiger partial charge on any atom is -0.491 e. The topological polar surface area (TPSA) is 65.4 Å². The minimum absolute atomic E-state index is 0.0440. The van der Waals surface area contributed by atoms with Crippen LogP contribution in [-0.2, 0) is 29.5 Å². The summed E-state index contributed by atoms with van der Waals surface area (Å²) in [5.41, 5.74) is 2.13. The molecule has 134 valence electrons. The molecular formula is C19H25N3O3. The number of carbonyl (C=O) groups is 1. The third-order valence-corrected chi connectivity index (χ3v) is 4.27. The van der Waals surface area contributed by atoms with Crippen molar-refractivity contribution in [3.63, 3.8) is 0 Å². The summed E-state index contributed by atoms with van der Waals surface area (Å²) in [4.78, 5) is 11.9. The smallest absolute Gasteiger partial charge is 0.220 e. The van der Waals surface area contributed by atoms with Crippen molar-refractivity contribution in [1.29, 1.82) is 0 Å². The molecule has 25 heavy (non-hydrogen) atoms. The number of hydrogen-bond donors (Lipinski definition) is 1. The van der Waals surface area contributed by atoms with Crippen molar-refractivity contribution < 1.29 is 14.3 Å². The first kappa shape index (κ1) is 17.5. The molecule has 6 heteroatoms. The van der Waals surface area contributed by atoms with Crippen LogP contribution in [0.3, 0.4) is 0 Å². The van der Waals surface area contributed by atoms with Gasteiger partial charge in [-0.3, -0.25) is 9.48 Å². The van der Waals surface area contributed by atoms with E-state index in [1.807, 2.05) is 37.5 Å². The summed E-state index contributed by atoms with van der Waals surface area (Å²) < 4.78 is 13.0. The molecule has 1 aromatic carbocycles. The van der Waals surface area contributed by atoms with E-state index in [0.717, 1.165) is 36.3 Å². The first-order chi connectivity index (χ1) is 12.2. The van der Waals surface area contributed by atoms with Crippen LogP contribution in [0, 0.1) is 0 Å². The fourth-order valence-electron chi connectivity index (χ4n) is 2.82. The molecule has 1 fully saturated rings. The van der Waals surface area contributed by atoms with Crippen molar-refractivity contribution >= 4 is 5.91 Å². The molecule has 6 nitrogen and oxygen atoms in total. The summed E-state index contributed by atoms with van der Waals surface area (Å²) in [7, 11) is 1.87. The summed E-state index contributed by atoms with van der Waals surface area (Å²) in [6.07, 6.45) is 7.31. The second kappa shape index (κ2) is 8.67. The van der Waals surface area contributed by atoms with Crippen LogP contribution in [0.15, 0.2) is 36.7 Å². The van der Waals surface area contributed by atoms with Crippen molar-refractivity contribution in [3.05, 3.63) is 47.8 Å². The predicted molar refractivity (Wildman–Crippen MR) is 94.3 cm³/mol. The number of aryl methyl sites for hydroxylation is 2. The monoisotopic (exact) mass is 343 g/mol. The lowest BCUT2D eigenvalue weighted by atomic mass is 10.2. The maximum atomic E-state index is 11.9. The zero-order valence-electron chi connectivity index (χ0n) is 14.6. The van der Waals surface area contributed by atoms with Gasteiger partial charge in [0.05, 0.1) is 12.3 Å². The second-order valence-electron chi connectivity index (χ2n) is 6.39. The van der Waals surface area contributed by atoms with E-state index in [1.165, 1.54) is 0 Å². The molecule has 2 aromatic rings. The molecule has 2 heterocycles. The summed E-state index contributed by atoms with van der Waals surface area (Å²) in [5.74, 6) is 0.879. The molecule has 0 radical (unpaired) electrons. The van der Waals surface area contributed by atoms with E-state index in [0.29, 0.717) is 26.0 Å². The number of hydrogen-bond acceptors (Lipinski definition) is 4. The molecule has 0 spiro atoms. The number of amides is 1. The first-order valence-corrected chi connectivity index (χ1v) is 8.76. The van der Waals surface area contributed by atoms with Crippen LogP contribution < -0.4 is 10.1 Å². The highest BCUT2D eigenvalue weighted by Gasteiger charge is 2.15. The Morgan fingerprint density at radius 1 is 1.36 bits per heavy atom. The van der Waals surface area contributed by atoms with Crippen LogP contribution in [0.25, 0.3) is 0 Å². The van der Waals surface area contributed by atoms with Gasteiger partial charge in [0.2, 0.25) is 5.91 Å². The molecule has 1 aliphatic rings. The Balaban J connectivity index is 1.36. The van der Waals surface area contributed by atoms with Gasteiger partial charge in [-0.25, -0.2) is 0 Å². The van der Waals surface area contributed by atoms with Gasteiger partial charge in [0.15, 0.2) is 0 Å². The molecule has 0 saturated carbocycles. The lowest BCUT2D eigenvalue weighted by Gasteiger charge is -2.12. The minimum atomic E-state index is 0.0440. The van der Waals surface area contributed by atoms with Gasteiger partial charge in [-0.15, -0.1) is 0 Å². The quantitative estimate of drug-likeness (QED) is 0.798. The number of aromatic nitrogens is 2. The number of nitrogens with zero attached hydrogens (tertiary/aromatic N) is 2. The van der Waals surface area contributed by atoms with Crippen molar-refractivity contribution in [2.75, 3.05) is 13.2 Å². The number of ether oxygens (including phenoxy) is 2. The summed E-state index contributed by atoms with van der Waals surface area (Å²) >= 11 is 0. The summed E-state index contributed by atoms with van der Waals surface area (Å²) in [5, 5.41) is 7.05. The Morgan fingerprint density at radius 2 is 2.20 bits per heavy atom. The fourth-order valence-corrected chi connectivity index (χ4v) is 2.82. The molecule has 1 amide bonds. The zero-order chi connectivity index (χ0) is 17.5. The van der Waals surface area contributed by atoms with Gasteiger partial charge in [-0.05, 0) is 42.5 Å².